The van der Waals surface area contributed by atoms with E-state index in [-0.39, 0.29) is 0 Å². The maximum atomic E-state index is 4.70. The molecule has 1 saturated heterocycles. The fourth-order valence-corrected chi connectivity index (χ4v) is 3.00. The molecule has 1 fully saturated rings. The summed E-state index contributed by atoms with van der Waals surface area (Å²) in [7, 11) is 2.18. The monoisotopic (exact) mass is 292 g/mol. The molecule has 2 heterocycles. The van der Waals surface area contributed by atoms with Crippen LogP contribution in [0.1, 0.15) is 0 Å². The number of piperazine rings is 1. The lowest BCUT2D eigenvalue weighted by molar-refractivity contribution is 0.313. The third kappa shape index (κ3) is 2.46. The highest BCUT2D eigenvalue weighted by molar-refractivity contribution is 5.79. The average Bonchev–Trinajstić information content (AvgIpc) is 3.00. The van der Waals surface area contributed by atoms with Crippen LogP contribution in [-0.4, -0.2) is 48.1 Å². The number of likely N-dealkylation sites (N-methyl/N-ethyl adjacent to an activating group) is 1. The van der Waals surface area contributed by atoms with Crippen LogP contribution < -0.4 is 4.90 Å². The minimum Gasteiger partial charge on any atom is -0.369 e. The van der Waals surface area contributed by atoms with Crippen molar-refractivity contribution in [3.8, 4) is 11.4 Å². The lowest BCUT2D eigenvalue weighted by Crippen LogP contribution is -2.44. The first kappa shape index (κ1) is 13.3. The largest absolute Gasteiger partial charge is 0.369 e. The van der Waals surface area contributed by atoms with Gasteiger partial charge < -0.3 is 14.8 Å². The van der Waals surface area contributed by atoms with E-state index in [2.05, 4.69) is 52.2 Å². The molecular formula is C18H20N4. The van der Waals surface area contributed by atoms with Crippen LogP contribution in [0.5, 0.6) is 0 Å². The molecule has 1 aromatic heterocycles. The first-order valence-electron chi connectivity index (χ1n) is 7.78. The Morgan fingerprint density at radius 1 is 0.955 bits per heavy atom. The van der Waals surface area contributed by atoms with Crippen molar-refractivity contribution >= 4 is 16.7 Å². The summed E-state index contributed by atoms with van der Waals surface area (Å²) < 4.78 is 0. The Kier molecular flexibility index (Phi) is 3.31. The van der Waals surface area contributed by atoms with E-state index in [0.717, 1.165) is 48.6 Å². The lowest BCUT2D eigenvalue weighted by Gasteiger charge is -2.34. The van der Waals surface area contributed by atoms with Gasteiger partial charge in [0.05, 0.1) is 11.0 Å². The molecule has 4 rings (SSSR count). The van der Waals surface area contributed by atoms with Crippen LogP contribution >= 0.6 is 0 Å². The fourth-order valence-electron chi connectivity index (χ4n) is 3.00. The SMILES string of the molecule is CN1CCN(c2cccc(-c3nc4ccccc4[nH]3)c2)CC1. The van der Waals surface area contributed by atoms with Crippen LogP contribution in [0.3, 0.4) is 0 Å². The van der Waals surface area contributed by atoms with Crippen molar-refractivity contribution in [2.75, 3.05) is 38.1 Å². The summed E-state index contributed by atoms with van der Waals surface area (Å²) >= 11 is 0. The van der Waals surface area contributed by atoms with Crippen molar-refractivity contribution in [2.24, 2.45) is 0 Å². The number of aromatic amines is 1. The summed E-state index contributed by atoms with van der Waals surface area (Å²) in [5.41, 5.74) is 4.53. The molecule has 0 atom stereocenters. The molecule has 0 amide bonds. The zero-order chi connectivity index (χ0) is 14.9. The molecule has 0 saturated carbocycles. The van der Waals surface area contributed by atoms with Gasteiger partial charge in [0.25, 0.3) is 0 Å². The average molecular weight is 292 g/mol. The standard InChI is InChI=1S/C18H20N4/c1-21-9-11-22(12-10-21)15-6-4-5-14(13-15)18-19-16-7-2-3-8-17(16)20-18/h2-8,13H,9-12H2,1H3,(H,19,20). The zero-order valence-corrected chi connectivity index (χ0v) is 12.8. The van der Waals surface area contributed by atoms with Crippen molar-refractivity contribution in [1.82, 2.24) is 14.9 Å². The number of H-pyrrole nitrogens is 1. The highest BCUT2D eigenvalue weighted by atomic mass is 15.2. The maximum Gasteiger partial charge on any atom is 0.138 e. The van der Waals surface area contributed by atoms with E-state index in [0.29, 0.717) is 0 Å². The molecule has 1 aliphatic rings. The summed E-state index contributed by atoms with van der Waals surface area (Å²) in [4.78, 5) is 12.9. The highest BCUT2D eigenvalue weighted by Crippen LogP contribution is 2.25. The summed E-state index contributed by atoms with van der Waals surface area (Å²) in [5, 5.41) is 0. The number of imidazole rings is 1. The third-order valence-electron chi connectivity index (χ3n) is 4.38. The second kappa shape index (κ2) is 5.46. The maximum absolute atomic E-state index is 4.70. The van der Waals surface area contributed by atoms with Gasteiger partial charge in [0.15, 0.2) is 0 Å². The number of aromatic nitrogens is 2. The van der Waals surface area contributed by atoms with Crippen LogP contribution in [0.15, 0.2) is 48.5 Å². The molecule has 2 aromatic carbocycles. The van der Waals surface area contributed by atoms with Crippen LogP contribution in [-0.2, 0) is 0 Å². The van der Waals surface area contributed by atoms with Crippen LogP contribution in [0.2, 0.25) is 0 Å². The predicted molar refractivity (Wildman–Crippen MR) is 91.2 cm³/mol. The van der Waals surface area contributed by atoms with E-state index in [1.54, 1.807) is 0 Å². The Hall–Kier alpha value is -2.33. The molecule has 3 aromatic rings. The van der Waals surface area contributed by atoms with E-state index in [9.17, 15) is 0 Å². The molecule has 1 N–H and O–H groups in total. The van der Waals surface area contributed by atoms with Gasteiger partial charge in [-0.2, -0.15) is 0 Å². The van der Waals surface area contributed by atoms with Gasteiger partial charge in [0.2, 0.25) is 0 Å². The quantitative estimate of drug-likeness (QED) is 0.788. The number of fused-ring (bicyclic) bond motifs is 1. The first-order valence-corrected chi connectivity index (χ1v) is 7.78. The van der Waals surface area contributed by atoms with Crippen LogP contribution in [0.4, 0.5) is 5.69 Å². The number of hydrogen-bond acceptors (Lipinski definition) is 3. The molecule has 4 nitrogen and oxygen atoms in total. The van der Waals surface area contributed by atoms with Gasteiger partial charge in [0, 0.05) is 37.4 Å². The van der Waals surface area contributed by atoms with Crippen LogP contribution in [0, 0.1) is 0 Å². The van der Waals surface area contributed by atoms with E-state index in [1.807, 2.05) is 18.2 Å². The molecule has 0 spiro atoms. The Bertz CT molecular complexity index is 751. The van der Waals surface area contributed by atoms with Gasteiger partial charge in [0.1, 0.15) is 5.82 Å². The van der Waals surface area contributed by atoms with E-state index < -0.39 is 0 Å². The lowest BCUT2D eigenvalue weighted by atomic mass is 10.1. The molecule has 112 valence electrons. The van der Waals surface area contributed by atoms with E-state index >= 15 is 0 Å². The smallest absolute Gasteiger partial charge is 0.138 e. The Morgan fingerprint density at radius 3 is 2.59 bits per heavy atom. The van der Waals surface area contributed by atoms with Gasteiger partial charge in [-0.1, -0.05) is 24.3 Å². The molecule has 0 unspecified atom stereocenters. The van der Waals surface area contributed by atoms with Crippen molar-refractivity contribution in [1.29, 1.82) is 0 Å². The molecule has 4 heteroatoms. The normalized spacial score (nSPS) is 16.3. The number of hydrogen-bond donors (Lipinski definition) is 1. The Morgan fingerprint density at radius 2 is 1.77 bits per heavy atom. The molecule has 1 aliphatic heterocycles. The summed E-state index contributed by atoms with van der Waals surface area (Å²) in [5.74, 6) is 0.942. The number of rotatable bonds is 2. The van der Waals surface area contributed by atoms with Gasteiger partial charge in [-0.15, -0.1) is 0 Å². The number of anilines is 1. The Balaban J connectivity index is 1.66. The number of nitrogens with zero attached hydrogens (tertiary/aromatic N) is 3. The van der Waals surface area contributed by atoms with Crippen molar-refractivity contribution in [3.05, 3.63) is 48.5 Å². The van der Waals surface area contributed by atoms with Gasteiger partial charge in [-0.25, -0.2) is 4.98 Å². The second-order valence-corrected chi connectivity index (χ2v) is 5.94. The van der Waals surface area contributed by atoms with E-state index in [1.165, 1.54) is 5.69 Å². The van der Waals surface area contributed by atoms with Gasteiger partial charge >= 0.3 is 0 Å². The number of benzene rings is 2. The Labute approximate surface area is 130 Å². The molecule has 22 heavy (non-hydrogen) atoms. The second-order valence-electron chi connectivity index (χ2n) is 5.94. The van der Waals surface area contributed by atoms with Crippen molar-refractivity contribution in [2.45, 2.75) is 0 Å². The van der Waals surface area contributed by atoms with Crippen LogP contribution in [0.25, 0.3) is 22.4 Å². The minimum atomic E-state index is 0.942. The van der Waals surface area contributed by atoms with Gasteiger partial charge in [-0.3, -0.25) is 0 Å². The van der Waals surface area contributed by atoms with Gasteiger partial charge in [-0.05, 0) is 31.3 Å². The minimum absolute atomic E-state index is 0.942. The predicted octanol–water partition coefficient (Wildman–Crippen LogP) is 2.98. The summed E-state index contributed by atoms with van der Waals surface area (Å²) in [6, 6.07) is 16.8. The van der Waals surface area contributed by atoms with Crippen molar-refractivity contribution in [3.63, 3.8) is 0 Å². The summed E-state index contributed by atoms with van der Waals surface area (Å²) in [6.07, 6.45) is 0. The molecule has 0 radical (unpaired) electrons. The third-order valence-corrected chi connectivity index (χ3v) is 4.38. The van der Waals surface area contributed by atoms with Crippen molar-refractivity contribution < 1.29 is 0 Å². The fraction of sp³-hybridized carbons (Fsp3) is 0.278. The number of nitrogens with one attached hydrogen (secondary N) is 1. The highest BCUT2D eigenvalue weighted by Gasteiger charge is 2.15. The number of para-hydroxylation sites is 2. The first-order chi connectivity index (χ1) is 10.8. The molecule has 0 bridgehead atoms. The summed E-state index contributed by atoms with van der Waals surface area (Å²) in [6.45, 7) is 4.41. The zero-order valence-electron chi connectivity index (χ0n) is 12.8. The van der Waals surface area contributed by atoms with E-state index in [4.69, 9.17) is 4.98 Å². The topological polar surface area (TPSA) is 35.2 Å². The molecular weight excluding hydrogens is 272 g/mol. The molecule has 0 aliphatic carbocycles.